The molecule has 3 atom stereocenters. The third-order valence-electron chi connectivity index (χ3n) is 7.12. The molecule has 4 rings (SSSR count). The summed E-state index contributed by atoms with van der Waals surface area (Å²) >= 11 is 0. The highest BCUT2D eigenvalue weighted by atomic mass is 32.2. The lowest BCUT2D eigenvalue weighted by Gasteiger charge is -2.51. The number of hydrogen-bond donors (Lipinski definition) is 0. The Kier molecular flexibility index (Phi) is 5.61. The van der Waals surface area contributed by atoms with Crippen LogP contribution in [-0.4, -0.2) is 30.7 Å². The molecule has 1 saturated heterocycles. The first kappa shape index (κ1) is 23.7. The standard InChI is InChI=1S/C27H33NO4S/c1-19-12-14-22(15-13-19)33(30,31)28-18-27(20(2)29)26(6,17-24(32-27)25(3,4)5)16-23(28)21-10-8-7-9-11-21/h7-15,17,23H,16,18H2,1-6H3/t23-,26-,27+/m1/s1. The van der Waals surface area contributed by atoms with Crippen LogP contribution in [0.15, 0.2) is 71.3 Å². The van der Waals surface area contributed by atoms with Gasteiger partial charge in [0.05, 0.1) is 23.2 Å². The SMILES string of the molecule is CC(=O)[C@@]12CN(S(=O)(=O)c3ccc(C)cc3)[C@@H](c3ccccc3)C[C@]1(C)C=C(C(C)(C)C)O2. The number of nitrogens with zero attached hydrogens (tertiary/aromatic N) is 1. The van der Waals surface area contributed by atoms with Crippen LogP contribution in [0.1, 0.15) is 58.2 Å². The number of piperidine rings is 1. The molecule has 5 nitrogen and oxygen atoms in total. The fourth-order valence-corrected chi connectivity index (χ4v) is 6.66. The van der Waals surface area contributed by atoms with Gasteiger partial charge in [-0.15, -0.1) is 0 Å². The lowest BCUT2D eigenvalue weighted by molar-refractivity contribution is -0.156. The Bertz CT molecular complexity index is 1190. The second-order valence-electron chi connectivity index (χ2n) is 10.7. The number of hydrogen-bond acceptors (Lipinski definition) is 4. The molecular weight excluding hydrogens is 434 g/mol. The number of allylic oxidation sites excluding steroid dienone is 1. The van der Waals surface area contributed by atoms with Crippen molar-refractivity contribution < 1.29 is 17.9 Å². The van der Waals surface area contributed by atoms with E-state index in [2.05, 4.69) is 6.08 Å². The first-order valence-corrected chi connectivity index (χ1v) is 12.8. The summed E-state index contributed by atoms with van der Waals surface area (Å²) < 4.78 is 35.9. The molecule has 176 valence electrons. The lowest BCUT2D eigenvalue weighted by atomic mass is 9.65. The van der Waals surface area contributed by atoms with Crippen LogP contribution in [0.25, 0.3) is 0 Å². The monoisotopic (exact) mass is 467 g/mol. The molecular formula is C27H33NO4S. The van der Waals surface area contributed by atoms with Crippen LogP contribution in [-0.2, 0) is 19.6 Å². The number of ketones is 1. The van der Waals surface area contributed by atoms with E-state index in [0.717, 1.165) is 16.9 Å². The Balaban J connectivity index is 1.89. The summed E-state index contributed by atoms with van der Waals surface area (Å²) in [5.41, 5.74) is -0.312. The average molecular weight is 468 g/mol. The molecule has 0 bridgehead atoms. The van der Waals surface area contributed by atoms with Crippen molar-refractivity contribution in [3.05, 3.63) is 77.6 Å². The highest BCUT2D eigenvalue weighted by Crippen LogP contribution is 2.58. The van der Waals surface area contributed by atoms with Crippen LogP contribution >= 0.6 is 0 Å². The van der Waals surface area contributed by atoms with Crippen LogP contribution in [0, 0.1) is 17.8 Å². The first-order chi connectivity index (χ1) is 15.3. The second-order valence-corrected chi connectivity index (χ2v) is 12.5. The van der Waals surface area contributed by atoms with Gasteiger partial charge in [-0.05, 0) is 44.0 Å². The molecule has 2 aromatic rings. The summed E-state index contributed by atoms with van der Waals surface area (Å²) in [6, 6.07) is 16.1. The summed E-state index contributed by atoms with van der Waals surface area (Å²) in [6.45, 7) is 11.6. The molecule has 0 aromatic heterocycles. The maximum atomic E-state index is 14.0. The topological polar surface area (TPSA) is 63.7 Å². The van der Waals surface area contributed by atoms with Crippen molar-refractivity contribution in [2.75, 3.05) is 6.54 Å². The van der Waals surface area contributed by atoms with Crippen molar-refractivity contribution in [2.24, 2.45) is 10.8 Å². The van der Waals surface area contributed by atoms with Gasteiger partial charge in [-0.1, -0.05) is 75.7 Å². The van der Waals surface area contributed by atoms with Gasteiger partial charge in [-0.2, -0.15) is 4.31 Å². The van der Waals surface area contributed by atoms with E-state index in [-0.39, 0.29) is 22.6 Å². The van der Waals surface area contributed by atoms with Gasteiger partial charge in [-0.25, -0.2) is 8.42 Å². The van der Waals surface area contributed by atoms with Crippen molar-refractivity contribution >= 4 is 15.8 Å². The molecule has 0 unspecified atom stereocenters. The van der Waals surface area contributed by atoms with Gasteiger partial charge in [-0.3, -0.25) is 4.79 Å². The average Bonchev–Trinajstić information content (AvgIpc) is 3.08. The Labute approximate surface area is 197 Å². The van der Waals surface area contributed by atoms with Gasteiger partial charge in [0.15, 0.2) is 11.4 Å². The molecule has 2 aromatic carbocycles. The van der Waals surface area contributed by atoms with Crippen molar-refractivity contribution in [1.29, 1.82) is 0 Å². The molecule has 0 amide bonds. The summed E-state index contributed by atoms with van der Waals surface area (Å²) in [7, 11) is -3.89. The zero-order chi connectivity index (χ0) is 24.2. The van der Waals surface area contributed by atoms with Crippen LogP contribution < -0.4 is 0 Å². The summed E-state index contributed by atoms with van der Waals surface area (Å²) in [4.78, 5) is 13.4. The van der Waals surface area contributed by atoms with Gasteiger partial charge >= 0.3 is 0 Å². The number of aryl methyl sites for hydroxylation is 1. The van der Waals surface area contributed by atoms with E-state index in [1.165, 1.54) is 11.2 Å². The minimum Gasteiger partial charge on any atom is -0.481 e. The predicted molar refractivity (Wildman–Crippen MR) is 129 cm³/mol. The smallest absolute Gasteiger partial charge is 0.243 e. The van der Waals surface area contributed by atoms with E-state index in [1.54, 1.807) is 24.3 Å². The van der Waals surface area contributed by atoms with Crippen molar-refractivity contribution in [1.82, 2.24) is 4.31 Å². The number of carbonyl (C=O) groups is 1. The first-order valence-electron chi connectivity index (χ1n) is 11.4. The molecule has 2 heterocycles. The fourth-order valence-electron chi connectivity index (χ4n) is 5.02. The molecule has 2 aliphatic rings. The Hall–Kier alpha value is -2.44. The van der Waals surface area contributed by atoms with Gasteiger partial charge < -0.3 is 4.74 Å². The Morgan fingerprint density at radius 2 is 1.67 bits per heavy atom. The highest BCUT2D eigenvalue weighted by Gasteiger charge is 2.64. The third kappa shape index (κ3) is 3.83. The Morgan fingerprint density at radius 1 is 1.06 bits per heavy atom. The zero-order valence-corrected chi connectivity index (χ0v) is 21.1. The summed E-state index contributed by atoms with van der Waals surface area (Å²) in [6.07, 6.45) is 2.52. The summed E-state index contributed by atoms with van der Waals surface area (Å²) in [5.74, 6) is 0.581. The third-order valence-corrected chi connectivity index (χ3v) is 8.99. The predicted octanol–water partition coefficient (Wildman–Crippen LogP) is 5.43. The van der Waals surface area contributed by atoms with Crippen molar-refractivity contribution in [3.8, 4) is 0 Å². The number of ether oxygens (including phenoxy) is 1. The number of carbonyl (C=O) groups excluding carboxylic acids is 1. The van der Waals surface area contributed by atoms with E-state index >= 15 is 0 Å². The zero-order valence-electron chi connectivity index (χ0n) is 20.3. The van der Waals surface area contributed by atoms with E-state index in [1.807, 2.05) is 65.0 Å². The van der Waals surface area contributed by atoms with Crippen LogP contribution in [0.5, 0.6) is 0 Å². The van der Waals surface area contributed by atoms with E-state index < -0.39 is 27.1 Å². The number of sulfonamides is 1. The number of benzene rings is 2. The van der Waals surface area contributed by atoms with E-state index in [4.69, 9.17) is 4.74 Å². The van der Waals surface area contributed by atoms with Crippen molar-refractivity contribution in [2.45, 2.75) is 64.5 Å². The lowest BCUT2D eigenvalue weighted by Crippen LogP contribution is -2.63. The maximum Gasteiger partial charge on any atom is 0.243 e. The molecule has 33 heavy (non-hydrogen) atoms. The number of fused-ring (bicyclic) bond motifs is 1. The number of rotatable bonds is 4. The molecule has 0 N–H and O–H groups in total. The minimum atomic E-state index is -3.89. The minimum absolute atomic E-state index is 0.0370. The molecule has 1 fully saturated rings. The summed E-state index contributed by atoms with van der Waals surface area (Å²) in [5, 5.41) is 0. The molecule has 2 aliphatic heterocycles. The maximum absolute atomic E-state index is 14.0. The number of Topliss-reactive ketones (excluding diaryl/α,β-unsaturated/α-hetero) is 1. The fraction of sp³-hybridized carbons (Fsp3) is 0.444. The quantitative estimate of drug-likeness (QED) is 0.602. The molecule has 6 heteroatoms. The van der Waals surface area contributed by atoms with Crippen LogP contribution in [0.4, 0.5) is 0 Å². The molecule has 0 saturated carbocycles. The second kappa shape index (κ2) is 7.81. The largest absolute Gasteiger partial charge is 0.481 e. The van der Waals surface area contributed by atoms with Crippen molar-refractivity contribution in [3.63, 3.8) is 0 Å². The van der Waals surface area contributed by atoms with Crippen LogP contribution in [0.3, 0.4) is 0 Å². The van der Waals surface area contributed by atoms with Gasteiger partial charge in [0.2, 0.25) is 10.0 Å². The van der Waals surface area contributed by atoms with Gasteiger partial charge in [0.1, 0.15) is 0 Å². The van der Waals surface area contributed by atoms with Gasteiger partial charge in [0.25, 0.3) is 0 Å². The van der Waals surface area contributed by atoms with E-state index in [0.29, 0.717) is 6.42 Å². The Morgan fingerprint density at radius 3 is 2.21 bits per heavy atom. The molecule has 0 aliphatic carbocycles. The van der Waals surface area contributed by atoms with E-state index in [9.17, 15) is 13.2 Å². The molecule has 0 radical (unpaired) electrons. The normalized spacial score (nSPS) is 28.1. The molecule has 0 spiro atoms. The highest BCUT2D eigenvalue weighted by molar-refractivity contribution is 7.89. The van der Waals surface area contributed by atoms with Gasteiger partial charge in [0, 0.05) is 10.8 Å². The van der Waals surface area contributed by atoms with Crippen LogP contribution in [0.2, 0.25) is 0 Å².